The Kier molecular flexibility index (Phi) is 7.14. The molecule has 0 bridgehead atoms. The van der Waals surface area contributed by atoms with Crippen molar-refractivity contribution < 1.29 is 17.4 Å². The van der Waals surface area contributed by atoms with Gasteiger partial charge in [-0.2, -0.15) is 8.42 Å². The minimum atomic E-state index is -3.58. The van der Waals surface area contributed by atoms with Gasteiger partial charge in [-0.1, -0.05) is 42.3 Å². The zero-order valence-corrected chi connectivity index (χ0v) is 17.6. The summed E-state index contributed by atoms with van der Waals surface area (Å²) in [6.07, 6.45) is 1.76. The van der Waals surface area contributed by atoms with E-state index in [0.29, 0.717) is 22.2 Å². The van der Waals surface area contributed by atoms with Crippen molar-refractivity contribution in [3.05, 3.63) is 63.6 Å². The van der Waals surface area contributed by atoms with Gasteiger partial charge in [0.05, 0.1) is 6.26 Å². The third-order valence-corrected chi connectivity index (χ3v) is 4.95. The molecule has 146 valence electrons. The van der Waals surface area contributed by atoms with Crippen molar-refractivity contribution in [3.63, 3.8) is 0 Å². The molecule has 0 spiro atoms. The molecule has 0 aliphatic heterocycles. The van der Waals surface area contributed by atoms with Crippen LogP contribution in [0.1, 0.15) is 36.2 Å². The number of benzene rings is 2. The predicted octanol–water partition coefficient (Wildman–Crippen LogP) is 4.77. The van der Waals surface area contributed by atoms with Crippen molar-refractivity contribution in [2.45, 2.75) is 32.9 Å². The maximum atomic E-state index is 13.0. The summed E-state index contributed by atoms with van der Waals surface area (Å²) in [6.45, 7) is 4.32. The molecule has 0 saturated carbocycles. The molecule has 0 aliphatic rings. The zero-order chi connectivity index (χ0) is 20.2. The predicted molar refractivity (Wildman–Crippen MR) is 108 cm³/mol. The molecule has 1 unspecified atom stereocenters. The molecular formula is C19H21Cl2NO4S. The Morgan fingerprint density at radius 1 is 1.11 bits per heavy atom. The molecule has 0 heterocycles. The molecular weight excluding hydrogens is 409 g/mol. The van der Waals surface area contributed by atoms with E-state index in [4.69, 9.17) is 27.4 Å². The monoisotopic (exact) mass is 429 g/mol. The van der Waals surface area contributed by atoms with Gasteiger partial charge in [-0.25, -0.2) is 0 Å². The second-order valence-corrected chi connectivity index (χ2v) is 8.73. The van der Waals surface area contributed by atoms with E-state index in [2.05, 4.69) is 0 Å². The Morgan fingerprint density at radius 2 is 1.67 bits per heavy atom. The van der Waals surface area contributed by atoms with Crippen molar-refractivity contribution in [1.82, 2.24) is 4.90 Å². The van der Waals surface area contributed by atoms with Gasteiger partial charge in [-0.15, -0.1) is 0 Å². The van der Waals surface area contributed by atoms with E-state index in [0.717, 1.165) is 18.2 Å². The smallest absolute Gasteiger partial charge is 0.306 e. The Morgan fingerprint density at radius 3 is 2.15 bits per heavy atom. The first-order valence-corrected chi connectivity index (χ1v) is 10.9. The normalized spacial score (nSPS) is 12.5. The minimum absolute atomic E-state index is 0.0118. The van der Waals surface area contributed by atoms with Crippen molar-refractivity contribution in [3.8, 4) is 5.75 Å². The third kappa shape index (κ3) is 6.41. The van der Waals surface area contributed by atoms with Gasteiger partial charge in [-0.05, 0) is 49.2 Å². The van der Waals surface area contributed by atoms with Crippen LogP contribution in [0.5, 0.6) is 5.75 Å². The molecule has 27 heavy (non-hydrogen) atoms. The molecule has 0 aromatic heterocycles. The summed E-state index contributed by atoms with van der Waals surface area (Å²) in [5.41, 5.74) is 1.27. The van der Waals surface area contributed by atoms with Crippen molar-refractivity contribution >= 4 is 39.2 Å². The van der Waals surface area contributed by atoms with Crippen molar-refractivity contribution in [2.75, 3.05) is 6.26 Å². The van der Waals surface area contributed by atoms with Gasteiger partial charge in [-0.3, -0.25) is 4.79 Å². The number of hydrogen-bond acceptors (Lipinski definition) is 4. The lowest BCUT2D eigenvalue weighted by Crippen LogP contribution is -2.37. The van der Waals surface area contributed by atoms with E-state index < -0.39 is 10.1 Å². The number of carbonyl (C=O) groups is 1. The summed E-state index contributed by atoms with van der Waals surface area (Å²) in [5.74, 6) is 0.0505. The van der Waals surface area contributed by atoms with Crippen LogP contribution < -0.4 is 4.18 Å². The standard InChI is InChI=1S/C19H21Cl2NO4S/c1-4-13(2)22(19(23)15-9-16(20)11-17(21)10-15)12-14-5-7-18(8-6-14)26-27(3,24)25/h5-11,13H,4,12H2,1-3H3. The summed E-state index contributed by atoms with van der Waals surface area (Å²) in [4.78, 5) is 14.7. The highest BCUT2D eigenvalue weighted by molar-refractivity contribution is 7.86. The molecule has 0 saturated heterocycles. The topological polar surface area (TPSA) is 63.7 Å². The molecule has 0 aliphatic carbocycles. The number of nitrogens with zero attached hydrogens (tertiary/aromatic N) is 1. The molecule has 0 fully saturated rings. The molecule has 2 rings (SSSR count). The Hall–Kier alpha value is -1.76. The van der Waals surface area contributed by atoms with E-state index in [1.807, 2.05) is 13.8 Å². The number of carbonyl (C=O) groups excluding carboxylic acids is 1. The first kappa shape index (κ1) is 21.5. The van der Waals surface area contributed by atoms with Crippen LogP contribution in [0, 0.1) is 0 Å². The van der Waals surface area contributed by atoms with E-state index in [1.165, 1.54) is 0 Å². The van der Waals surface area contributed by atoms with Gasteiger partial charge < -0.3 is 9.08 Å². The van der Waals surface area contributed by atoms with E-state index >= 15 is 0 Å². The molecule has 1 amide bonds. The average molecular weight is 430 g/mol. The van der Waals surface area contributed by atoms with Crippen LogP contribution in [-0.4, -0.2) is 31.5 Å². The molecule has 1 atom stereocenters. The average Bonchev–Trinajstić information content (AvgIpc) is 2.57. The van der Waals surface area contributed by atoms with Crippen LogP contribution in [0.3, 0.4) is 0 Å². The highest BCUT2D eigenvalue weighted by Gasteiger charge is 2.21. The first-order valence-electron chi connectivity index (χ1n) is 8.34. The second-order valence-electron chi connectivity index (χ2n) is 6.28. The van der Waals surface area contributed by atoms with Gasteiger partial charge in [0.2, 0.25) is 0 Å². The van der Waals surface area contributed by atoms with Crippen LogP contribution in [0.25, 0.3) is 0 Å². The maximum absolute atomic E-state index is 13.0. The van der Waals surface area contributed by atoms with E-state index in [9.17, 15) is 13.2 Å². The molecule has 2 aromatic rings. The molecule has 0 N–H and O–H groups in total. The van der Waals surface area contributed by atoms with Crippen molar-refractivity contribution in [2.24, 2.45) is 0 Å². The fourth-order valence-corrected chi connectivity index (χ4v) is 3.50. The molecule has 0 radical (unpaired) electrons. The Balaban J connectivity index is 2.25. The maximum Gasteiger partial charge on any atom is 0.306 e. The molecule has 2 aromatic carbocycles. The number of amides is 1. The van der Waals surface area contributed by atoms with Crippen LogP contribution in [0.2, 0.25) is 10.0 Å². The highest BCUT2D eigenvalue weighted by Crippen LogP contribution is 2.23. The van der Waals surface area contributed by atoms with Gasteiger partial charge in [0, 0.05) is 28.2 Å². The summed E-state index contributed by atoms with van der Waals surface area (Å²) in [7, 11) is -3.58. The summed E-state index contributed by atoms with van der Waals surface area (Å²) < 4.78 is 27.2. The van der Waals surface area contributed by atoms with Gasteiger partial charge in [0.15, 0.2) is 0 Å². The van der Waals surface area contributed by atoms with Gasteiger partial charge in [0.1, 0.15) is 5.75 Å². The number of rotatable bonds is 7. The zero-order valence-electron chi connectivity index (χ0n) is 15.3. The summed E-state index contributed by atoms with van der Waals surface area (Å²) in [6, 6.07) is 11.3. The fraction of sp³-hybridized carbons (Fsp3) is 0.316. The largest absolute Gasteiger partial charge is 0.383 e. The lowest BCUT2D eigenvalue weighted by molar-refractivity contribution is 0.0671. The highest BCUT2D eigenvalue weighted by atomic mass is 35.5. The van der Waals surface area contributed by atoms with Crippen LogP contribution >= 0.6 is 23.2 Å². The van der Waals surface area contributed by atoms with E-state index in [-0.39, 0.29) is 17.7 Å². The fourth-order valence-electron chi connectivity index (χ4n) is 2.51. The molecule has 5 nitrogen and oxygen atoms in total. The second kappa shape index (κ2) is 8.95. The van der Waals surface area contributed by atoms with Gasteiger partial charge >= 0.3 is 10.1 Å². The van der Waals surface area contributed by atoms with E-state index in [1.54, 1.807) is 47.4 Å². The Labute approximate surface area is 170 Å². The number of hydrogen-bond donors (Lipinski definition) is 0. The lowest BCUT2D eigenvalue weighted by atomic mass is 10.1. The third-order valence-electron chi connectivity index (χ3n) is 4.02. The van der Waals surface area contributed by atoms with Crippen LogP contribution in [0.15, 0.2) is 42.5 Å². The van der Waals surface area contributed by atoms with Crippen molar-refractivity contribution in [1.29, 1.82) is 0 Å². The van der Waals surface area contributed by atoms with Gasteiger partial charge in [0.25, 0.3) is 5.91 Å². The Bertz CT molecular complexity index is 894. The lowest BCUT2D eigenvalue weighted by Gasteiger charge is -2.29. The summed E-state index contributed by atoms with van der Waals surface area (Å²) in [5, 5.41) is 0.800. The minimum Gasteiger partial charge on any atom is -0.383 e. The summed E-state index contributed by atoms with van der Waals surface area (Å²) >= 11 is 12.0. The SMILES string of the molecule is CCC(C)N(Cc1ccc(OS(C)(=O)=O)cc1)C(=O)c1cc(Cl)cc(Cl)c1. The molecule has 8 heteroatoms. The van der Waals surface area contributed by atoms with Crippen LogP contribution in [-0.2, 0) is 16.7 Å². The first-order chi connectivity index (χ1) is 12.6. The quantitative estimate of drug-likeness (QED) is 0.594. The van der Waals surface area contributed by atoms with Crippen LogP contribution in [0.4, 0.5) is 0 Å². The number of halogens is 2.